The Morgan fingerprint density at radius 1 is 1.37 bits per heavy atom. The van der Waals surface area contributed by atoms with E-state index >= 15 is 0 Å². The van der Waals surface area contributed by atoms with E-state index < -0.39 is 6.10 Å². The van der Waals surface area contributed by atoms with Crippen LogP contribution in [0.1, 0.15) is 19.8 Å². The molecule has 1 aliphatic rings. The van der Waals surface area contributed by atoms with Gasteiger partial charge < -0.3 is 15.4 Å². The van der Waals surface area contributed by atoms with Gasteiger partial charge in [0.2, 0.25) is 0 Å². The van der Waals surface area contributed by atoms with Gasteiger partial charge in [-0.05, 0) is 44.0 Å². The van der Waals surface area contributed by atoms with Crippen molar-refractivity contribution in [1.82, 2.24) is 4.90 Å². The van der Waals surface area contributed by atoms with Crippen molar-refractivity contribution < 1.29 is 9.53 Å². The predicted molar refractivity (Wildman–Crippen MR) is 75.3 cm³/mol. The number of piperidine rings is 1. The molecule has 5 heteroatoms. The molecule has 1 atom stereocenters. The van der Waals surface area contributed by atoms with Crippen LogP contribution in [0.2, 0.25) is 5.02 Å². The molecule has 1 saturated heterocycles. The van der Waals surface area contributed by atoms with E-state index in [1.807, 2.05) is 4.90 Å². The van der Waals surface area contributed by atoms with Gasteiger partial charge in [-0.3, -0.25) is 4.79 Å². The molecule has 1 aromatic rings. The Kier molecular flexibility index (Phi) is 4.66. The van der Waals surface area contributed by atoms with E-state index in [4.69, 9.17) is 22.1 Å². The molecule has 0 spiro atoms. The lowest BCUT2D eigenvalue weighted by Crippen LogP contribution is -2.47. The summed E-state index contributed by atoms with van der Waals surface area (Å²) in [5, 5.41) is 0.649. The zero-order valence-corrected chi connectivity index (χ0v) is 11.8. The minimum atomic E-state index is -0.490. The molecule has 1 fully saturated rings. The van der Waals surface area contributed by atoms with E-state index in [9.17, 15) is 4.79 Å². The van der Waals surface area contributed by atoms with E-state index in [0.717, 1.165) is 12.8 Å². The Morgan fingerprint density at radius 3 is 2.53 bits per heavy atom. The molecule has 104 valence electrons. The van der Waals surface area contributed by atoms with Crippen molar-refractivity contribution in [3.8, 4) is 5.75 Å². The van der Waals surface area contributed by atoms with Gasteiger partial charge in [-0.2, -0.15) is 0 Å². The topological polar surface area (TPSA) is 55.6 Å². The second kappa shape index (κ2) is 6.26. The van der Waals surface area contributed by atoms with Crippen LogP contribution in [0.25, 0.3) is 0 Å². The molecule has 1 aliphatic heterocycles. The minimum Gasteiger partial charge on any atom is -0.481 e. The van der Waals surface area contributed by atoms with Crippen molar-refractivity contribution in [2.75, 3.05) is 13.1 Å². The van der Waals surface area contributed by atoms with Gasteiger partial charge in [0.15, 0.2) is 6.10 Å². The Hall–Kier alpha value is -1.26. The highest BCUT2D eigenvalue weighted by molar-refractivity contribution is 6.30. The number of halogens is 1. The van der Waals surface area contributed by atoms with Crippen molar-refractivity contribution >= 4 is 17.5 Å². The van der Waals surface area contributed by atoms with Gasteiger partial charge in [-0.15, -0.1) is 0 Å². The van der Waals surface area contributed by atoms with Crippen LogP contribution in [0.3, 0.4) is 0 Å². The van der Waals surface area contributed by atoms with Gasteiger partial charge in [0.05, 0.1) is 0 Å². The highest BCUT2D eigenvalue weighted by atomic mass is 35.5. The fraction of sp³-hybridized carbons (Fsp3) is 0.500. The fourth-order valence-electron chi connectivity index (χ4n) is 2.14. The molecule has 4 nitrogen and oxygen atoms in total. The van der Waals surface area contributed by atoms with Crippen molar-refractivity contribution in [3.63, 3.8) is 0 Å². The number of rotatable bonds is 3. The van der Waals surface area contributed by atoms with E-state index in [2.05, 4.69) is 0 Å². The first kappa shape index (κ1) is 14.2. The lowest BCUT2D eigenvalue weighted by atomic mass is 10.1. The van der Waals surface area contributed by atoms with E-state index in [0.29, 0.717) is 23.9 Å². The Bertz CT molecular complexity index is 428. The maximum Gasteiger partial charge on any atom is 0.263 e. The number of carbonyl (C=O) groups is 1. The fourth-order valence-corrected chi connectivity index (χ4v) is 2.27. The van der Waals surface area contributed by atoms with Crippen LogP contribution in [0.15, 0.2) is 24.3 Å². The first-order valence-electron chi connectivity index (χ1n) is 6.53. The number of carbonyl (C=O) groups excluding carboxylic acids is 1. The van der Waals surface area contributed by atoms with Crippen molar-refractivity contribution in [1.29, 1.82) is 0 Å². The average Bonchev–Trinajstić information content (AvgIpc) is 2.41. The summed E-state index contributed by atoms with van der Waals surface area (Å²) in [6.45, 7) is 3.20. The smallest absolute Gasteiger partial charge is 0.263 e. The highest BCUT2D eigenvalue weighted by Crippen LogP contribution is 2.18. The standard InChI is InChI=1S/C14H19ClN2O2/c1-10(19-13-4-2-11(15)3-5-13)14(18)17-8-6-12(16)7-9-17/h2-5,10,12H,6-9,16H2,1H3. The number of nitrogens with two attached hydrogens (primary N) is 1. The molecule has 2 rings (SSSR count). The molecular weight excluding hydrogens is 264 g/mol. The highest BCUT2D eigenvalue weighted by Gasteiger charge is 2.25. The second-order valence-corrected chi connectivity index (χ2v) is 5.31. The SMILES string of the molecule is CC(Oc1ccc(Cl)cc1)C(=O)N1CCC(N)CC1. The molecule has 2 N–H and O–H groups in total. The number of likely N-dealkylation sites (tertiary alicyclic amines) is 1. The number of benzene rings is 1. The summed E-state index contributed by atoms with van der Waals surface area (Å²) in [5.41, 5.74) is 5.83. The van der Waals surface area contributed by atoms with Crippen molar-refractivity contribution in [3.05, 3.63) is 29.3 Å². The number of hydrogen-bond acceptors (Lipinski definition) is 3. The van der Waals surface area contributed by atoms with E-state index in [1.54, 1.807) is 31.2 Å². The molecule has 0 radical (unpaired) electrons. The van der Waals surface area contributed by atoms with E-state index in [-0.39, 0.29) is 11.9 Å². The molecule has 1 amide bonds. The summed E-state index contributed by atoms with van der Waals surface area (Å²) in [6.07, 6.45) is 1.23. The molecule has 0 aliphatic carbocycles. The molecule has 0 saturated carbocycles. The molecule has 19 heavy (non-hydrogen) atoms. The molecule has 1 aromatic carbocycles. The third-order valence-corrected chi connectivity index (χ3v) is 3.58. The molecular formula is C14H19ClN2O2. The molecule has 1 unspecified atom stereocenters. The Balaban J connectivity index is 1.90. The van der Waals surface area contributed by atoms with Gasteiger partial charge in [-0.25, -0.2) is 0 Å². The quantitative estimate of drug-likeness (QED) is 0.923. The summed E-state index contributed by atoms with van der Waals surface area (Å²) in [7, 11) is 0. The minimum absolute atomic E-state index is 0.0156. The Morgan fingerprint density at radius 2 is 1.95 bits per heavy atom. The normalized spacial score (nSPS) is 18.2. The second-order valence-electron chi connectivity index (χ2n) is 4.88. The monoisotopic (exact) mass is 282 g/mol. The van der Waals surface area contributed by atoms with Crippen LogP contribution in [-0.2, 0) is 4.79 Å². The summed E-state index contributed by atoms with van der Waals surface area (Å²) in [6, 6.07) is 7.23. The number of amides is 1. The number of nitrogens with zero attached hydrogens (tertiary/aromatic N) is 1. The third kappa shape index (κ3) is 3.85. The molecule has 1 heterocycles. The number of hydrogen-bond donors (Lipinski definition) is 1. The largest absolute Gasteiger partial charge is 0.481 e. The van der Waals surface area contributed by atoms with Gasteiger partial charge in [0, 0.05) is 24.2 Å². The first-order chi connectivity index (χ1) is 9.06. The Labute approximate surface area is 118 Å². The summed E-state index contributed by atoms with van der Waals surface area (Å²) in [4.78, 5) is 14.0. The summed E-state index contributed by atoms with van der Waals surface area (Å²) < 4.78 is 5.63. The van der Waals surface area contributed by atoms with Gasteiger partial charge >= 0.3 is 0 Å². The van der Waals surface area contributed by atoms with Gasteiger partial charge in [-0.1, -0.05) is 11.6 Å². The third-order valence-electron chi connectivity index (χ3n) is 3.33. The maximum atomic E-state index is 12.2. The van der Waals surface area contributed by atoms with Crippen LogP contribution in [0.4, 0.5) is 0 Å². The lowest BCUT2D eigenvalue weighted by molar-refractivity contribution is -0.139. The van der Waals surface area contributed by atoms with Crippen molar-refractivity contribution in [2.45, 2.75) is 31.9 Å². The van der Waals surface area contributed by atoms with Crippen LogP contribution in [0, 0.1) is 0 Å². The lowest BCUT2D eigenvalue weighted by Gasteiger charge is -2.32. The number of ether oxygens (including phenoxy) is 1. The maximum absolute atomic E-state index is 12.2. The van der Waals surface area contributed by atoms with Gasteiger partial charge in [0.25, 0.3) is 5.91 Å². The van der Waals surface area contributed by atoms with Crippen LogP contribution < -0.4 is 10.5 Å². The van der Waals surface area contributed by atoms with Gasteiger partial charge in [0.1, 0.15) is 5.75 Å². The average molecular weight is 283 g/mol. The zero-order valence-electron chi connectivity index (χ0n) is 11.0. The van der Waals surface area contributed by atoms with E-state index in [1.165, 1.54) is 0 Å². The van der Waals surface area contributed by atoms with Crippen LogP contribution in [-0.4, -0.2) is 36.0 Å². The first-order valence-corrected chi connectivity index (χ1v) is 6.90. The predicted octanol–water partition coefficient (Wildman–Crippen LogP) is 2.06. The summed E-state index contributed by atoms with van der Waals surface area (Å²) in [5.74, 6) is 0.667. The zero-order chi connectivity index (χ0) is 13.8. The van der Waals surface area contributed by atoms with Crippen LogP contribution >= 0.6 is 11.6 Å². The van der Waals surface area contributed by atoms with Crippen LogP contribution in [0.5, 0.6) is 5.75 Å². The molecule has 0 aromatic heterocycles. The molecule has 0 bridgehead atoms. The summed E-state index contributed by atoms with van der Waals surface area (Å²) >= 11 is 5.80. The van der Waals surface area contributed by atoms with Crippen molar-refractivity contribution in [2.24, 2.45) is 5.73 Å².